The molecule has 0 spiro atoms. The van der Waals surface area contributed by atoms with Crippen LogP contribution >= 0.6 is 23.4 Å². The smallest absolute Gasteiger partial charge is 0.261 e. The number of fused-ring (bicyclic) bond motifs is 1. The zero-order chi connectivity index (χ0) is 14.7. The second-order valence-electron chi connectivity index (χ2n) is 4.80. The second-order valence-corrected chi connectivity index (χ2v) is 6.36. The second kappa shape index (κ2) is 6.64. The fraction of sp³-hybridized carbons (Fsp3) is 0.467. The normalized spacial score (nSPS) is 14.4. The van der Waals surface area contributed by atoms with Gasteiger partial charge in [-0.3, -0.25) is 9.36 Å². The average molecular weight is 311 g/mol. The van der Waals surface area contributed by atoms with Crippen LogP contribution < -0.4 is 5.56 Å². The molecule has 1 aromatic heterocycles. The topological polar surface area (TPSA) is 34.9 Å². The van der Waals surface area contributed by atoms with Crippen molar-refractivity contribution >= 4 is 34.3 Å². The zero-order valence-electron chi connectivity index (χ0n) is 12.0. The van der Waals surface area contributed by atoms with Gasteiger partial charge in [0.15, 0.2) is 0 Å². The Balaban J connectivity index is 2.75. The summed E-state index contributed by atoms with van der Waals surface area (Å²) in [6.45, 7) is 3.95. The van der Waals surface area contributed by atoms with Crippen LogP contribution in [0.15, 0.2) is 29.1 Å². The van der Waals surface area contributed by atoms with Crippen molar-refractivity contribution in [2.75, 3.05) is 12.0 Å². The van der Waals surface area contributed by atoms with Gasteiger partial charge in [-0.05, 0) is 31.7 Å². The van der Waals surface area contributed by atoms with Gasteiger partial charge in [0.1, 0.15) is 5.82 Å². The van der Waals surface area contributed by atoms with E-state index >= 15 is 0 Å². The molecule has 2 unspecified atom stereocenters. The highest BCUT2D eigenvalue weighted by Gasteiger charge is 2.20. The molecule has 1 heterocycles. The Kier molecular flexibility index (Phi) is 5.11. The largest absolute Gasteiger partial charge is 0.291 e. The molecule has 0 fully saturated rings. The minimum absolute atomic E-state index is 0.0130. The van der Waals surface area contributed by atoms with Gasteiger partial charge in [-0.2, -0.15) is 11.8 Å². The van der Waals surface area contributed by atoms with E-state index in [1.807, 2.05) is 37.4 Å². The first-order valence-electron chi connectivity index (χ1n) is 6.74. The quantitative estimate of drug-likeness (QED) is 0.783. The summed E-state index contributed by atoms with van der Waals surface area (Å²) in [5.74, 6) is 1.55. The lowest BCUT2D eigenvalue weighted by molar-refractivity contribution is 0.494. The molecule has 0 aliphatic heterocycles. The highest BCUT2D eigenvalue weighted by Crippen LogP contribution is 2.24. The Morgan fingerprint density at radius 2 is 2.10 bits per heavy atom. The van der Waals surface area contributed by atoms with Gasteiger partial charge in [0.05, 0.1) is 16.3 Å². The maximum atomic E-state index is 12.8. The Morgan fingerprint density at radius 1 is 1.40 bits per heavy atom. The van der Waals surface area contributed by atoms with Crippen molar-refractivity contribution in [1.82, 2.24) is 9.55 Å². The lowest BCUT2D eigenvalue weighted by Gasteiger charge is -2.22. The number of aromatic nitrogens is 2. The molecular weight excluding hydrogens is 292 g/mol. The monoisotopic (exact) mass is 310 g/mol. The lowest BCUT2D eigenvalue weighted by atomic mass is 10.2. The molecule has 0 amide bonds. The molecule has 2 atom stereocenters. The molecule has 3 nitrogen and oxygen atoms in total. The van der Waals surface area contributed by atoms with Gasteiger partial charge >= 0.3 is 0 Å². The van der Waals surface area contributed by atoms with Crippen molar-refractivity contribution in [3.8, 4) is 0 Å². The minimum atomic E-state index is -0.289. The standard InChI is InChI=1S/C15H19ClN2OS/c1-4-11(9-20-3)18-14(10(2)16)17-13-8-6-5-7-12(13)15(18)19/h5-8,10-11H,4,9H2,1-3H3. The summed E-state index contributed by atoms with van der Waals surface area (Å²) in [6, 6.07) is 7.58. The summed E-state index contributed by atoms with van der Waals surface area (Å²) in [7, 11) is 0. The van der Waals surface area contributed by atoms with Crippen LogP contribution in [0, 0.1) is 0 Å². The van der Waals surface area contributed by atoms with E-state index in [1.54, 1.807) is 16.3 Å². The highest BCUT2D eigenvalue weighted by molar-refractivity contribution is 7.98. The maximum absolute atomic E-state index is 12.8. The van der Waals surface area contributed by atoms with Crippen molar-refractivity contribution in [3.05, 3.63) is 40.4 Å². The van der Waals surface area contributed by atoms with Crippen LogP contribution in [-0.2, 0) is 0 Å². The van der Waals surface area contributed by atoms with E-state index in [1.165, 1.54) is 0 Å². The molecule has 0 N–H and O–H groups in total. The molecular formula is C15H19ClN2OS. The van der Waals surface area contributed by atoms with E-state index in [0.29, 0.717) is 11.2 Å². The number of halogens is 1. The Hall–Kier alpha value is -1.00. The molecule has 2 aromatic rings. The Bertz CT molecular complexity index is 654. The third-order valence-corrected chi connectivity index (χ3v) is 4.30. The molecule has 0 radical (unpaired) electrons. The summed E-state index contributed by atoms with van der Waals surface area (Å²) in [5.41, 5.74) is 0.731. The first-order chi connectivity index (χ1) is 9.60. The first kappa shape index (κ1) is 15.4. The summed E-state index contributed by atoms with van der Waals surface area (Å²) in [5, 5.41) is 0.372. The fourth-order valence-corrected chi connectivity index (χ4v) is 3.29. The van der Waals surface area contributed by atoms with E-state index in [4.69, 9.17) is 11.6 Å². The van der Waals surface area contributed by atoms with E-state index in [9.17, 15) is 4.79 Å². The number of alkyl halides is 1. The number of hydrogen-bond acceptors (Lipinski definition) is 3. The SMILES string of the molecule is CCC(CSC)n1c(C(C)Cl)nc2ccccc2c1=O. The van der Waals surface area contributed by atoms with Crippen LogP contribution in [0.5, 0.6) is 0 Å². The molecule has 20 heavy (non-hydrogen) atoms. The summed E-state index contributed by atoms with van der Waals surface area (Å²) < 4.78 is 1.79. The zero-order valence-corrected chi connectivity index (χ0v) is 13.5. The van der Waals surface area contributed by atoms with Gasteiger partial charge in [-0.1, -0.05) is 19.1 Å². The molecule has 0 saturated heterocycles. The van der Waals surface area contributed by atoms with Gasteiger partial charge in [0, 0.05) is 11.8 Å². The van der Waals surface area contributed by atoms with Gasteiger partial charge in [0.25, 0.3) is 5.56 Å². The molecule has 0 bridgehead atoms. The molecule has 0 saturated carbocycles. The highest BCUT2D eigenvalue weighted by atomic mass is 35.5. The average Bonchev–Trinajstić information content (AvgIpc) is 2.45. The van der Waals surface area contributed by atoms with Gasteiger partial charge < -0.3 is 0 Å². The molecule has 0 aliphatic carbocycles. The molecule has 2 rings (SSSR count). The third kappa shape index (κ3) is 2.86. The Morgan fingerprint density at radius 3 is 2.70 bits per heavy atom. The van der Waals surface area contributed by atoms with E-state index in [-0.39, 0.29) is 17.0 Å². The number of para-hydroxylation sites is 1. The number of nitrogens with zero attached hydrogens (tertiary/aromatic N) is 2. The summed E-state index contributed by atoms with van der Waals surface area (Å²) >= 11 is 7.99. The van der Waals surface area contributed by atoms with Crippen molar-refractivity contribution in [2.24, 2.45) is 0 Å². The van der Waals surface area contributed by atoms with Gasteiger partial charge in [-0.15, -0.1) is 11.6 Å². The Labute approximate surface area is 128 Å². The number of benzene rings is 1. The van der Waals surface area contributed by atoms with Crippen molar-refractivity contribution in [3.63, 3.8) is 0 Å². The third-order valence-electron chi connectivity index (χ3n) is 3.39. The lowest BCUT2D eigenvalue weighted by Crippen LogP contribution is -2.30. The summed E-state index contributed by atoms with van der Waals surface area (Å²) in [4.78, 5) is 17.4. The van der Waals surface area contributed by atoms with Gasteiger partial charge in [0.2, 0.25) is 0 Å². The molecule has 108 valence electrons. The fourth-order valence-electron chi connectivity index (χ4n) is 2.36. The van der Waals surface area contributed by atoms with E-state index in [0.717, 1.165) is 17.7 Å². The maximum Gasteiger partial charge on any atom is 0.261 e. The summed E-state index contributed by atoms with van der Waals surface area (Å²) in [6.07, 6.45) is 2.93. The molecule has 1 aromatic carbocycles. The number of thioether (sulfide) groups is 1. The van der Waals surface area contributed by atoms with Crippen LogP contribution in [-0.4, -0.2) is 21.6 Å². The molecule has 0 aliphatic rings. The minimum Gasteiger partial charge on any atom is -0.291 e. The van der Waals surface area contributed by atoms with Gasteiger partial charge in [-0.25, -0.2) is 4.98 Å². The van der Waals surface area contributed by atoms with Crippen LogP contribution in [0.1, 0.15) is 37.5 Å². The van der Waals surface area contributed by atoms with Crippen LogP contribution in [0.2, 0.25) is 0 Å². The number of rotatable bonds is 5. The molecule has 5 heteroatoms. The number of hydrogen-bond donors (Lipinski definition) is 0. The first-order valence-corrected chi connectivity index (χ1v) is 8.57. The van der Waals surface area contributed by atoms with Crippen LogP contribution in [0.4, 0.5) is 0 Å². The van der Waals surface area contributed by atoms with Crippen molar-refractivity contribution in [2.45, 2.75) is 31.7 Å². The predicted octanol–water partition coefficient (Wildman–Crippen LogP) is 4.01. The van der Waals surface area contributed by atoms with Crippen LogP contribution in [0.25, 0.3) is 10.9 Å². The van der Waals surface area contributed by atoms with Crippen molar-refractivity contribution in [1.29, 1.82) is 0 Å². The van der Waals surface area contributed by atoms with Crippen molar-refractivity contribution < 1.29 is 0 Å². The predicted molar refractivity (Wildman–Crippen MR) is 88.0 cm³/mol. The van der Waals surface area contributed by atoms with E-state index in [2.05, 4.69) is 11.9 Å². The van der Waals surface area contributed by atoms with E-state index < -0.39 is 0 Å². The van der Waals surface area contributed by atoms with Crippen LogP contribution in [0.3, 0.4) is 0 Å².